The van der Waals surface area contributed by atoms with Gasteiger partial charge in [0.15, 0.2) is 5.60 Å². The number of carboxylic acids is 1. The van der Waals surface area contributed by atoms with Gasteiger partial charge in [0.2, 0.25) is 5.91 Å². The molecule has 0 radical (unpaired) electrons. The number of alkyl halides is 3. The topological polar surface area (TPSA) is 79.7 Å². The lowest BCUT2D eigenvalue weighted by Gasteiger charge is -2.22. The molecule has 0 atom stereocenters. The smallest absolute Gasteiger partial charge is 0.416 e. The molecule has 190 valence electrons. The number of carbonyl (C=O) groups excluding carboxylic acids is 1. The Labute approximate surface area is 207 Å². The second kappa shape index (κ2) is 10.4. The second-order valence-corrected chi connectivity index (χ2v) is 9.01. The maximum Gasteiger partial charge on any atom is 0.416 e. The second-order valence-electron chi connectivity index (χ2n) is 9.01. The summed E-state index contributed by atoms with van der Waals surface area (Å²) < 4.78 is 44.0. The molecule has 9 heteroatoms. The van der Waals surface area contributed by atoms with Gasteiger partial charge in [-0.05, 0) is 62.2 Å². The van der Waals surface area contributed by atoms with Gasteiger partial charge in [-0.1, -0.05) is 30.3 Å². The van der Waals surface area contributed by atoms with Gasteiger partial charge in [-0.3, -0.25) is 9.78 Å². The minimum Gasteiger partial charge on any atom is -0.478 e. The van der Waals surface area contributed by atoms with E-state index in [1.165, 1.54) is 26.0 Å². The van der Waals surface area contributed by atoms with Gasteiger partial charge in [-0.2, -0.15) is 13.2 Å². The van der Waals surface area contributed by atoms with E-state index in [-0.39, 0.29) is 12.3 Å². The molecule has 3 rings (SSSR count). The van der Waals surface area contributed by atoms with E-state index in [1.54, 1.807) is 49.2 Å². The van der Waals surface area contributed by atoms with Gasteiger partial charge < -0.3 is 14.7 Å². The van der Waals surface area contributed by atoms with Crippen LogP contribution in [0.15, 0.2) is 60.7 Å². The first-order valence-corrected chi connectivity index (χ1v) is 11.2. The molecule has 1 amide bonds. The number of rotatable bonds is 8. The molecule has 0 saturated carbocycles. The van der Waals surface area contributed by atoms with Crippen LogP contribution in [0.2, 0.25) is 0 Å². The lowest BCUT2D eigenvalue weighted by atomic mass is 10.0. The summed E-state index contributed by atoms with van der Waals surface area (Å²) in [5, 5.41) is 9.25. The first-order valence-electron chi connectivity index (χ1n) is 11.2. The molecule has 1 heterocycles. The van der Waals surface area contributed by atoms with E-state index < -0.39 is 23.3 Å². The van der Waals surface area contributed by atoms with Crippen LogP contribution in [0.3, 0.4) is 0 Å². The van der Waals surface area contributed by atoms with Crippen LogP contribution in [0, 0.1) is 6.92 Å². The van der Waals surface area contributed by atoms with E-state index in [0.717, 1.165) is 17.7 Å². The number of carboxylic acid groups (broad SMARTS) is 1. The number of aryl methyl sites for hydroxylation is 1. The minimum atomic E-state index is -4.40. The van der Waals surface area contributed by atoms with Crippen LogP contribution in [0.1, 0.15) is 36.2 Å². The number of halogens is 3. The summed E-state index contributed by atoms with van der Waals surface area (Å²) in [6.45, 7) is 4.95. The molecule has 0 aliphatic carbocycles. The standard InChI is InChI=1S/C27H27F3N2O4/c1-17-20(10-13-23(31-17)19-8-11-21(12-9-19)27(28,29)30)15-24(33)32(4)16-18-6-5-7-22(14-18)36-26(2,3)25(34)35/h5-14H,15-16H2,1-4H3,(H,34,35). The van der Waals surface area contributed by atoms with Gasteiger partial charge in [0, 0.05) is 24.8 Å². The molecule has 0 spiro atoms. The highest BCUT2D eigenvalue weighted by Gasteiger charge is 2.30. The maximum absolute atomic E-state index is 12.8. The summed E-state index contributed by atoms with van der Waals surface area (Å²) in [6.07, 6.45) is -4.30. The number of aliphatic carboxylic acids is 1. The Hall–Kier alpha value is -3.88. The van der Waals surface area contributed by atoms with Crippen LogP contribution >= 0.6 is 0 Å². The number of carbonyl (C=O) groups is 2. The highest BCUT2D eigenvalue weighted by molar-refractivity contribution is 5.79. The molecule has 1 N–H and O–H groups in total. The number of hydrogen-bond acceptors (Lipinski definition) is 4. The molecule has 36 heavy (non-hydrogen) atoms. The van der Waals surface area contributed by atoms with Crippen molar-refractivity contribution in [1.29, 1.82) is 0 Å². The van der Waals surface area contributed by atoms with Crippen molar-refractivity contribution in [2.45, 2.75) is 45.5 Å². The van der Waals surface area contributed by atoms with Crippen LogP contribution in [-0.4, -0.2) is 39.5 Å². The van der Waals surface area contributed by atoms with Gasteiger partial charge in [-0.25, -0.2) is 4.79 Å². The summed E-state index contributed by atoms with van der Waals surface area (Å²) in [6, 6.07) is 15.1. The first kappa shape index (κ1) is 26.7. The quantitative estimate of drug-likeness (QED) is 0.441. The average molecular weight is 501 g/mol. The lowest BCUT2D eigenvalue weighted by Crippen LogP contribution is -2.37. The van der Waals surface area contributed by atoms with Crippen molar-refractivity contribution >= 4 is 11.9 Å². The summed E-state index contributed by atoms with van der Waals surface area (Å²) in [4.78, 5) is 30.2. The van der Waals surface area contributed by atoms with Crippen molar-refractivity contribution < 1.29 is 32.6 Å². The third-order valence-electron chi connectivity index (χ3n) is 5.68. The number of pyridine rings is 1. The number of aromatic nitrogens is 1. The Morgan fingerprint density at radius 3 is 2.28 bits per heavy atom. The number of hydrogen-bond donors (Lipinski definition) is 1. The van der Waals surface area contributed by atoms with Crippen LogP contribution in [0.5, 0.6) is 5.75 Å². The predicted octanol–water partition coefficient (Wildman–Crippen LogP) is 5.52. The molecule has 0 aliphatic rings. The predicted molar refractivity (Wildman–Crippen MR) is 128 cm³/mol. The van der Waals surface area contributed by atoms with Crippen LogP contribution in [-0.2, 0) is 28.7 Å². The average Bonchev–Trinajstić information content (AvgIpc) is 2.79. The zero-order chi connectivity index (χ0) is 26.7. The summed E-state index contributed by atoms with van der Waals surface area (Å²) in [5.74, 6) is -0.854. The van der Waals surface area contributed by atoms with Crippen molar-refractivity contribution in [2.24, 2.45) is 0 Å². The van der Waals surface area contributed by atoms with Gasteiger partial charge in [0.25, 0.3) is 0 Å². The van der Waals surface area contributed by atoms with Crippen LogP contribution in [0.4, 0.5) is 13.2 Å². The fourth-order valence-electron chi connectivity index (χ4n) is 3.47. The van der Waals surface area contributed by atoms with Crippen molar-refractivity contribution in [2.75, 3.05) is 7.05 Å². The van der Waals surface area contributed by atoms with E-state index >= 15 is 0 Å². The Morgan fingerprint density at radius 2 is 1.69 bits per heavy atom. The molecule has 0 unspecified atom stereocenters. The highest BCUT2D eigenvalue weighted by Crippen LogP contribution is 2.31. The van der Waals surface area contributed by atoms with Crippen molar-refractivity contribution in [3.8, 4) is 17.0 Å². The molecule has 0 fully saturated rings. The third-order valence-corrected chi connectivity index (χ3v) is 5.68. The molecule has 6 nitrogen and oxygen atoms in total. The minimum absolute atomic E-state index is 0.102. The summed E-state index contributed by atoms with van der Waals surface area (Å²) in [7, 11) is 1.66. The Morgan fingerprint density at radius 1 is 1.03 bits per heavy atom. The largest absolute Gasteiger partial charge is 0.478 e. The number of nitrogens with zero attached hydrogens (tertiary/aromatic N) is 2. The normalized spacial score (nSPS) is 11.8. The molecular weight excluding hydrogens is 473 g/mol. The van der Waals surface area contributed by atoms with E-state index in [2.05, 4.69) is 4.98 Å². The van der Waals surface area contributed by atoms with Gasteiger partial charge in [0.1, 0.15) is 5.75 Å². The fourth-order valence-corrected chi connectivity index (χ4v) is 3.47. The number of ether oxygens (including phenoxy) is 1. The summed E-state index contributed by atoms with van der Waals surface area (Å²) >= 11 is 0. The van der Waals surface area contributed by atoms with Crippen LogP contribution in [0.25, 0.3) is 11.3 Å². The van der Waals surface area contributed by atoms with Crippen molar-refractivity contribution in [3.63, 3.8) is 0 Å². The van der Waals surface area contributed by atoms with E-state index in [1.807, 2.05) is 6.07 Å². The molecule has 0 bridgehead atoms. The molecule has 0 aliphatic heterocycles. The Kier molecular flexibility index (Phi) is 7.71. The zero-order valence-electron chi connectivity index (χ0n) is 20.4. The Balaban J connectivity index is 1.66. The van der Waals surface area contributed by atoms with Crippen molar-refractivity contribution in [1.82, 2.24) is 9.88 Å². The van der Waals surface area contributed by atoms with Crippen molar-refractivity contribution in [3.05, 3.63) is 83.0 Å². The SMILES string of the molecule is Cc1nc(-c2ccc(C(F)(F)F)cc2)ccc1CC(=O)N(C)Cc1cccc(OC(C)(C)C(=O)O)c1. The molecule has 0 saturated heterocycles. The zero-order valence-corrected chi connectivity index (χ0v) is 20.4. The summed E-state index contributed by atoms with van der Waals surface area (Å²) in [5.41, 5.74) is 1.05. The molecule has 1 aromatic heterocycles. The highest BCUT2D eigenvalue weighted by atomic mass is 19.4. The number of benzene rings is 2. The number of amides is 1. The van der Waals surface area contributed by atoms with Crippen LogP contribution < -0.4 is 4.74 Å². The first-order chi connectivity index (χ1) is 16.8. The van der Waals surface area contributed by atoms with E-state index in [9.17, 15) is 27.9 Å². The Bertz CT molecular complexity index is 1250. The maximum atomic E-state index is 12.8. The van der Waals surface area contributed by atoms with Gasteiger partial charge >= 0.3 is 12.1 Å². The number of likely N-dealkylation sites (N-methyl/N-ethyl adjacent to an activating group) is 1. The molecule has 2 aromatic carbocycles. The lowest BCUT2D eigenvalue weighted by molar-refractivity contribution is -0.152. The molecular formula is C27H27F3N2O4. The van der Waals surface area contributed by atoms with Gasteiger partial charge in [-0.15, -0.1) is 0 Å². The fraction of sp³-hybridized carbons (Fsp3) is 0.296. The van der Waals surface area contributed by atoms with E-state index in [4.69, 9.17) is 4.74 Å². The van der Waals surface area contributed by atoms with Gasteiger partial charge in [0.05, 0.1) is 17.7 Å². The molecule has 3 aromatic rings. The third kappa shape index (κ3) is 6.62. The monoisotopic (exact) mass is 500 g/mol. The van der Waals surface area contributed by atoms with E-state index in [0.29, 0.717) is 34.8 Å².